The first kappa shape index (κ1) is 24.6. The smallest absolute Gasteiger partial charge is 0.128 e. The Balaban J connectivity index is -0.000000414. The van der Waals surface area contributed by atoms with Crippen LogP contribution in [0.1, 0.15) is 40.5 Å². The van der Waals surface area contributed by atoms with Gasteiger partial charge >= 0.3 is 0 Å². The Bertz CT molecular complexity index is 235. The van der Waals surface area contributed by atoms with Crippen molar-refractivity contribution in [3.63, 3.8) is 0 Å². The molecule has 0 aliphatic rings. The zero-order valence-electron chi connectivity index (χ0n) is 14.5. The van der Waals surface area contributed by atoms with Gasteiger partial charge in [-0.2, -0.15) is 0 Å². The largest absolute Gasteiger partial charge is 0.330 e. The molecule has 0 fully saturated rings. The highest BCUT2D eigenvalue weighted by atomic mass is 28.3. The number of rotatable bonds is 7. The van der Waals surface area contributed by atoms with E-state index in [0.29, 0.717) is 5.04 Å². The number of hydrogen-bond donors (Lipinski definition) is 1. The Morgan fingerprint density at radius 2 is 1.50 bits per heavy atom. The summed E-state index contributed by atoms with van der Waals surface area (Å²) in [6.45, 7) is 24.4. The fourth-order valence-electron chi connectivity index (χ4n) is 1.52. The molecule has 0 unspecified atom stereocenters. The third kappa shape index (κ3) is 9.45. The first-order valence-corrected chi connectivity index (χ1v) is 10.3. The lowest BCUT2D eigenvalue weighted by molar-refractivity contribution is 0.475. The predicted octanol–water partition coefficient (Wildman–Crippen LogP) is 4.56. The normalized spacial score (nSPS) is 11.2. The van der Waals surface area contributed by atoms with Crippen LogP contribution in [0.2, 0.25) is 18.1 Å². The summed E-state index contributed by atoms with van der Waals surface area (Å²) in [5, 5.41) is 0.388. The van der Waals surface area contributed by atoms with Crippen LogP contribution in [0.5, 0.6) is 0 Å². The molecular formula is C16H37FN2Si. The Hall–Kier alpha value is -0.453. The second kappa shape index (κ2) is 12.3. The van der Waals surface area contributed by atoms with Gasteiger partial charge in [0, 0.05) is 13.1 Å². The van der Waals surface area contributed by atoms with E-state index in [-0.39, 0.29) is 4.70 Å². The standard InChI is InChI=1S/C12H25NSi.C4H11N.FH/c1-8-10-13(11-9-2)14(6,7)12(3,4)5;1-2-3-4-5;/h8-9H,1-2,10-11H2,3-7H3;2-5H2,1H3;1H. The van der Waals surface area contributed by atoms with Crippen molar-refractivity contribution in [3.05, 3.63) is 25.3 Å². The second-order valence-corrected chi connectivity index (χ2v) is 11.7. The average molecular weight is 305 g/mol. The summed E-state index contributed by atoms with van der Waals surface area (Å²) in [4.78, 5) is 0. The molecule has 0 amide bonds. The predicted molar refractivity (Wildman–Crippen MR) is 95.6 cm³/mol. The van der Waals surface area contributed by atoms with Gasteiger partial charge < -0.3 is 10.3 Å². The fraction of sp³-hybridized carbons (Fsp3) is 0.750. The van der Waals surface area contributed by atoms with Crippen LogP contribution >= 0.6 is 0 Å². The van der Waals surface area contributed by atoms with E-state index in [9.17, 15) is 0 Å². The Morgan fingerprint density at radius 3 is 1.65 bits per heavy atom. The lowest BCUT2D eigenvalue weighted by Crippen LogP contribution is -2.54. The van der Waals surface area contributed by atoms with Crippen molar-refractivity contribution < 1.29 is 4.70 Å². The molecule has 2 nitrogen and oxygen atoms in total. The molecule has 0 aliphatic carbocycles. The number of halogens is 1. The van der Waals surface area contributed by atoms with E-state index in [1.54, 1.807) is 0 Å². The van der Waals surface area contributed by atoms with Crippen LogP contribution in [-0.2, 0) is 0 Å². The van der Waals surface area contributed by atoms with E-state index in [4.69, 9.17) is 5.73 Å². The molecule has 0 aromatic rings. The van der Waals surface area contributed by atoms with Gasteiger partial charge in [0.2, 0.25) is 0 Å². The number of nitrogens with zero attached hydrogens (tertiary/aromatic N) is 1. The first-order chi connectivity index (χ1) is 8.68. The van der Waals surface area contributed by atoms with E-state index >= 15 is 0 Å². The number of hydrogen-bond acceptors (Lipinski definition) is 2. The zero-order valence-corrected chi connectivity index (χ0v) is 15.5. The van der Waals surface area contributed by atoms with Crippen molar-refractivity contribution in [3.8, 4) is 0 Å². The summed E-state index contributed by atoms with van der Waals surface area (Å²) in [6, 6.07) is 0. The van der Waals surface area contributed by atoms with Gasteiger partial charge in [-0.15, -0.1) is 13.2 Å². The van der Waals surface area contributed by atoms with E-state index in [1.807, 2.05) is 12.2 Å². The van der Waals surface area contributed by atoms with Crippen LogP contribution in [0.15, 0.2) is 25.3 Å². The zero-order chi connectivity index (χ0) is 15.5. The average Bonchev–Trinajstić information content (AvgIpc) is 2.29. The minimum Gasteiger partial charge on any atom is -0.330 e. The van der Waals surface area contributed by atoms with E-state index < -0.39 is 8.24 Å². The lowest BCUT2D eigenvalue weighted by Gasteiger charge is -2.45. The van der Waals surface area contributed by atoms with Gasteiger partial charge in [0.15, 0.2) is 0 Å². The van der Waals surface area contributed by atoms with Crippen LogP contribution in [0.4, 0.5) is 4.70 Å². The van der Waals surface area contributed by atoms with Crippen molar-refractivity contribution in [1.82, 2.24) is 4.57 Å². The van der Waals surface area contributed by atoms with E-state index in [2.05, 4.69) is 58.5 Å². The first-order valence-electron chi connectivity index (χ1n) is 7.35. The summed E-state index contributed by atoms with van der Waals surface area (Å²) >= 11 is 0. The van der Waals surface area contributed by atoms with Gasteiger partial charge in [0.25, 0.3) is 0 Å². The molecule has 0 bridgehead atoms. The minimum atomic E-state index is -1.39. The highest BCUT2D eigenvalue weighted by molar-refractivity contribution is 6.77. The summed E-state index contributed by atoms with van der Waals surface area (Å²) in [6.07, 6.45) is 6.37. The summed E-state index contributed by atoms with van der Waals surface area (Å²) < 4.78 is 2.53. The molecule has 2 N–H and O–H groups in total. The topological polar surface area (TPSA) is 29.3 Å². The fourth-order valence-corrected chi connectivity index (χ4v) is 3.64. The van der Waals surface area contributed by atoms with Crippen molar-refractivity contribution in [2.75, 3.05) is 19.6 Å². The van der Waals surface area contributed by atoms with Gasteiger partial charge in [-0.1, -0.05) is 59.4 Å². The quantitative estimate of drug-likeness (QED) is 0.552. The maximum atomic E-state index is 5.14. The van der Waals surface area contributed by atoms with Crippen molar-refractivity contribution >= 4 is 8.24 Å². The lowest BCUT2D eigenvalue weighted by atomic mass is 10.2. The summed E-state index contributed by atoms with van der Waals surface area (Å²) in [7, 11) is -1.39. The summed E-state index contributed by atoms with van der Waals surface area (Å²) in [5.74, 6) is 0. The molecule has 0 saturated heterocycles. The number of nitrogens with two attached hydrogens (primary N) is 1. The maximum absolute atomic E-state index is 5.14. The van der Waals surface area contributed by atoms with Crippen molar-refractivity contribution in [2.24, 2.45) is 5.73 Å². The third-order valence-corrected chi connectivity index (χ3v) is 9.50. The van der Waals surface area contributed by atoms with Gasteiger partial charge in [-0.25, -0.2) is 0 Å². The molecule has 0 saturated carbocycles. The van der Waals surface area contributed by atoms with Crippen LogP contribution in [0, 0.1) is 0 Å². The van der Waals surface area contributed by atoms with Crippen LogP contribution in [-0.4, -0.2) is 32.4 Å². The minimum absolute atomic E-state index is 0. The molecule has 0 rings (SSSR count). The van der Waals surface area contributed by atoms with Crippen LogP contribution in [0.3, 0.4) is 0 Å². The molecule has 0 radical (unpaired) electrons. The molecule has 0 aromatic heterocycles. The molecular weight excluding hydrogens is 267 g/mol. The van der Waals surface area contributed by atoms with Crippen LogP contribution < -0.4 is 5.73 Å². The molecule has 0 heterocycles. The SMILES string of the molecule is C=CCN(CC=C)[Si](C)(C)C(C)(C)C.CCCCN.F. The highest BCUT2D eigenvalue weighted by Gasteiger charge is 2.39. The highest BCUT2D eigenvalue weighted by Crippen LogP contribution is 2.37. The molecule has 0 atom stereocenters. The Kier molecular flexibility index (Phi) is 15.1. The van der Waals surface area contributed by atoms with Gasteiger partial charge in [0.1, 0.15) is 8.24 Å². The van der Waals surface area contributed by atoms with Crippen molar-refractivity contribution in [1.29, 1.82) is 0 Å². The van der Waals surface area contributed by atoms with Gasteiger partial charge in [0.05, 0.1) is 0 Å². The Morgan fingerprint density at radius 1 is 1.10 bits per heavy atom. The van der Waals surface area contributed by atoms with Crippen LogP contribution in [0.25, 0.3) is 0 Å². The number of unbranched alkanes of at least 4 members (excludes halogenated alkanes) is 1. The Labute approximate surface area is 127 Å². The molecule has 20 heavy (non-hydrogen) atoms. The maximum Gasteiger partial charge on any atom is 0.128 e. The van der Waals surface area contributed by atoms with E-state index in [1.165, 1.54) is 12.8 Å². The molecule has 0 aliphatic heterocycles. The monoisotopic (exact) mass is 304 g/mol. The molecule has 122 valence electrons. The second-order valence-electron chi connectivity index (χ2n) is 6.43. The summed E-state index contributed by atoms with van der Waals surface area (Å²) in [5.41, 5.74) is 5.14. The molecule has 0 spiro atoms. The van der Waals surface area contributed by atoms with Gasteiger partial charge in [-0.3, -0.25) is 4.70 Å². The van der Waals surface area contributed by atoms with Crippen molar-refractivity contribution in [2.45, 2.75) is 58.7 Å². The van der Waals surface area contributed by atoms with Gasteiger partial charge in [-0.05, 0) is 18.0 Å². The molecule has 4 heteroatoms. The third-order valence-electron chi connectivity index (χ3n) is 3.88. The molecule has 0 aromatic carbocycles. The van der Waals surface area contributed by atoms with E-state index in [0.717, 1.165) is 19.6 Å².